The third-order valence-electron chi connectivity index (χ3n) is 6.18. The number of hydrogen-bond donors (Lipinski definition) is 3. The lowest BCUT2D eigenvalue weighted by Gasteiger charge is -2.15. The first-order chi connectivity index (χ1) is 17.1. The van der Waals surface area contributed by atoms with Crippen LogP contribution in [0.3, 0.4) is 0 Å². The highest BCUT2D eigenvalue weighted by atomic mass is 32.2. The molecule has 1 aromatic carbocycles. The number of ketones is 1. The molecule has 2 unspecified atom stereocenters. The van der Waals surface area contributed by atoms with Crippen molar-refractivity contribution in [2.45, 2.75) is 38.0 Å². The van der Waals surface area contributed by atoms with Gasteiger partial charge < -0.3 is 10.4 Å². The molecule has 1 fully saturated rings. The van der Waals surface area contributed by atoms with Crippen molar-refractivity contribution in [3.63, 3.8) is 0 Å². The first-order valence-electron chi connectivity index (χ1n) is 11.2. The van der Waals surface area contributed by atoms with Crippen LogP contribution in [0.15, 0.2) is 49.1 Å². The van der Waals surface area contributed by atoms with Crippen molar-refractivity contribution >= 4 is 21.9 Å². The Morgan fingerprint density at radius 2 is 2.19 bits per heavy atom. The zero-order valence-electron chi connectivity index (χ0n) is 19.5. The van der Waals surface area contributed by atoms with E-state index in [1.54, 1.807) is 16.9 Å². The Hall–Kier alpha value is -3.63. The molecule has 12 heteroatoms. The Balaban J connectivity index is 1.48. The zero-order valence-corrected chi connectivity index (χ0v) is 20.3. The number of hydrogen-bond acceptors (Lipinski definition) is 9. The van der Waals surface area contributed by atoms with Crippen LogP contribution in [0.4, 0.5) is 5.82 Å². The minimum absolute atomic E-state index is 0.152. The van der Waals surface area contributed by atoms with Crippen LogP contribution in [-0.4, -0.2) is 57.8 Å². The number of benzene rings is 1. The van der Waals surface area contributed by atoms with Gasteiger partial charge in [-0.05, 0) is 43.5 Å². The van der Waals surface area contributed by atoms with Gasteiger partial charge in [-0.15, -0.1) is 6.42 Å². The van der Waals surface area contributed by atoms with Gasteiger partial charge in [-0.1, -0.05) is 18.1 Å². The van der Waals surface area contributed by atoms with Crippen molar-refractivity contribution in [1.29, 1.82) is 0 Å². The van der Waals surface area contributed by atoms with Crippen LogP contribution < -0.4 is 10.5 Å². The van der Waals surface area contributed by atoms with E-state index in [2.05, 4.69) is 30.5 Å². The maximum absolute atomic E-state index is 13.3. The van der Waals surface area contributed by atoms with Gasteiger partial charge in [0.25, 0.3) is 0 Å². The summed E-state index contributed by atoms with van der Waals surface area (Å²) in [6.07, 6.45) is 9.86. The second kappa shape index (κ2) is 10.5. The number of carbonyl (C=O) groups excluding carboxylic acids is 1. The third kappa shape index (κ3) is 5.95. The largest absolute Gasteiger partial charge is 0.393 e. The summed E-state index contributed by atoms with van der Waals surface area (Å²) in [5, 5.41) is 22.8. The Labute approximate surface area is 209 Å². The molecular formula is C24H26N6O5S. The van der Waals surface area contributed by atoms with Gasteiger partial charge in [-0.2, -0.15) is 13.5 Å². The Morgan fingerprint density at radius 3 is 2.94 bits per heavy atom. The number of anilines is 1. The van der Waals surface area contributed by atoms with Gasteiger partial charge in [0, 0.05) is 29.9 Å². The fourth-order valence-corrected chi connectivity index (χ4v) is 4.60. The molecule has 2 aromatic heterocycles. The maximum atomic E-state index is 13.3. The average Bonchev–Trinajstić information content (AvgIpc) is 3.48. The average molecular weight is 511 g/mol. The second-order valence-corrected chi connectivity index (χ2v) is 9.88. The van der Waals surface area contributed by atoms with Crippen LogP contribution in [0.5, 0.6) is 0 Å². The highest BCUT2D eigenvalue weighted by Crippen LogP contribution is 2.30. The number of carbonyl (C=O) groups is 1. The fraction of sp³-hybridized carbons (Fsp3) is 0.333. The summed E-state index contributed by atoms with van der Waals surface area (Å²) in [5.74, 6) is 2.11. The Bertz CT molecular complexity index is 1400. The van der Waals surface area contributed by atoms with Crippen LogP contribution in [0.1, 0.15) is 53.0 Å². The third-order valence-corrected chi connectivity index (χ3v) is 6.64. The molecule has 0 radical (unpaired) electrons. The van der Waals surface area contributed by atoms with Crippen molar-refractivity contribution in [2.75, 3.05) is 11.9 Å². The van der Waals surface area contributed by atoms with E-state index in [0.717, 1.165) is 11.1 Å². The molecule has 1 saturated carbocycles. The first-order valence-corrected chi connectivity index (χ1v) is 12.7. The molecule has 3 aromatic rings. The number of aromatic nitrogens is 4. The fourth-order valence-electron chi connectivity index (χ4n) is 4.24. The van der Waals surface area contributed by atoms with E-state index in [9.17, 15) is 18.3 Å². The monoisotopic (exact) mass is 510 g/mol. The lowest BCUT2D eigenvalue weighted by Crippen LogP contribution is -2.24. The van der Waals surface area contributed by atoms with Crippen LogP contribution in [0.2, 0.25) is 0 Å². The molecule has 36 heavy (non-hydrogen) atoms. The summed E-state index contributed by atoms with van der Waals surface area (Å²) in [4.78, 5) is 21.5. The lowest BCUT2D eigenvalue weighted by molar-refractivity contribution is 0.101. The van der Waals surface area contributed by atoms with E-state index in [1.165, 1.54) is 12.5 Å². The van der Waals surface area contributed by atoms with Crippen molar-refractivity contribution in [2.24, 2.45) is 11.1 Å². The zero-order chi connectivity index (χ0) is 25.9. The van der Waals surface area contributed by atoms with E-state index in [1.807, 2.05) is 31.2 Å². The minimum atomic E-state index is -4.10. The highest BCUT2D eigenvalue weighted by Gasteiger charge is 2.35. The van der Waals surface area contributed by atoms with Crippen molar-refractivity contribution in [3.05, 3.63) is 71.4 Å². The number of nitrogens with zero attached hydrogens (tertiary/aromatic N) is 4. The topological polar surface area (TPSA) is 162 Å². The number of rotatable bonds is 9. The van der Waals surface area contributed by atoms with Crippen molar-refractivity contribution < 1.29 is 22.5 Å². The van der Waals surface area contributed by atoms with E-state index in [-0.39, 0.29) is 35.7 Å². The maximum Gasteiger partial charge on any atom is 0.333 e. The smallest absolute Gasteiger partial charge is 0.333 e. The predicted molar refractivity (Wildman–Crippen MR) is 131 cm³/mol. The van der Waals surface area contributed by atoms with Gasteiger partial charge in [0.2, 0.25) is 5.78 Å². The quantitative estimate of drug-likeness (QED) is 0.284. The lowest BCUT2D eigenvalue weighted by atomic mass is 10.1. The summed E-state index contributed by atoms with van der Waals surface area (Å²) in [5.41, 5.74) is 2.16. The van der Waals surface area contributed by atoms with Gasteiger partial charge >= 0.3 is 10.3 Å². The molecule has 4 rings (SSSR count). The van der Waals surface area contributed by atoms with Crippen LogP contribution >= 0.6 is 0 Å². The molecule has 4 N–H and O–H groups in total. The molecule has 0 saturated heterocycles. The Kier molecular flexibility index (Phi) is 7.46. The van der Waals surface area contributed by atoms with Gasteiger partial charge in [0.1, 0.15) is 17.8 Å². The molecule has 1 aliphatic carbocycles. The Morgan fingerprint density at radius 1 is 1.39 bits per heavy atom. The highest BCUT2D eigenvalue weighted by molar-refractivity contribution is 7.84. The molecule has 4 atom stereocenters. The molecule has 1 aliphatic rings. The summed E-state index contributed by atoms with van der Waals surface area (Å²) in [6, 6.07) is 8.77. The molecule has 0 aliphatic heterocycles. The van der Waals surface area contributed by atoms with Crippen LogP contribution in [0.25, 0.3) is 0 Å². The molecule has 0 bridgehead atoms. The van der Waals surface area contributed by atoms with Crippen LogP contribution in [0, 0.1) is 18.3 Å². The number of aliphatic hydroxyl groups is 1. The van der Waals surface area contributed by atoms with Gasteiger partial charge in [-0.25, -0.2) is 15.1 Å². The van der Waals surface area contributed by atoms with Gasteiger partial charge in [-0.3, -0.25) is 13.7 Å². The van der Waals surface area contributed by atoms with E-state index in [0.29, 0.717) is 18.7 Å². The predicted octanol–water partition coefficient (Wildman–Crippen LogP) is 1.27. The summed E-state index contributed by atoms with van der Waals surface area (Å²) in [6.45, 7) is 1.73. The van der Waals surface area contributed by atoms with Crippen molar-refractivity contribution in [1.82, 2.24) is 19.7 Å². The SMILES string of the molecule is C#Cc1cccc(C(C)n2ccc(C(=O)c3cncnc3NC3C[C@H](COS(N)(=O)=O)[C@@H](O)C3)n2)c1. The number of nitrogens with two attached hydrogens (primary N) is 1. The summed E-state index contributed by atoms with van der Waals surface area (Å²) < 4.78 is 28.4. The minimum Gasteiger partial charge on any atom is -0.393 e. The summed E-state index contributed by atoms with van der Waals surface area (Å²) >= 11 is 0. The van der Waals surface area contributed by atoms with E-state index < -0.39 is 22.3 Å². The van der Waals surface area contributed by atoms with Crippen LogP contribution in [-0.2, 0) is 14.5 Å². The second-order valence-electron chi connectivity index (χ2n) is 8.66. The number of aliphatic hydroxyl groups excluding tert-OH is 1. The molecule has 11 nitrogen and oxygen atoms in total. The van der Waals surface area contributed by atoms with E-state index >= 15 is 0 Å². The molecule has 0 spiro atoms. The molecule has 188 valence electrons. The summed E-state index contributed by atoms with van der Waals surface area (Å²) in [7, 11) is -4.10. The first kappa shape index (κ1) is 25.5. The molecule has 2 heterocycles. The van der Waals surface area contributed by atoms with E-state index in [4.69, 9.17) is 11.6 Å². The molecular weight excluding hydrogens is 484 g/mol. The van der Waals surface area contributed by atoms with Gasteiger partial charge in [0.05, 0.1) is 24.3 Å². The standard InChI is InChI=1S/C24H26N6O5S/c1-3-16-5-4-6-17(9-16)15(2)30-8-7-21(29-30)23(32)20-12-26-14-27-24(20)28-19-10-18(22(31)11-19)13-35-36(25,33)34/h1,4-9,12,14-15,18-19,22,31H,10-11,13H2,2H3,(H2,25,33,34)(H,26,27,28)/t15?,18-,19?,22+/m1/s1. The number of nitrogens with one attached hydrogen (secondary N) is 1. The van der Waals surface area contributed by atoms with Gasteiger partial charge in [0.15, 0.2) is 0 Å². The normalized spacial score (nSPS) is 20.6. The number of terminal acetylenes is 1. The van der Waals surface area contributed by atoms with Crippen molar-refractivity contribution in [3.8, 4) is 12.3 Å². The molecule has 0 amide bonds.